The molecule has 1 aromatic heterocycles. The Morgan fingerprint density at radius 1 is 1.15 bits per heavy atom. The van der Waals surface area contributed by atoms with Crippen molar-refractivity contribution in [1.82, 2.24) is 9.97 Å². The van der Waals surface area contributed by atoms with Gasteiger partial charge in [0.15, 0.2) is 23.9 Å². The number of allylic oxidation sites excluding steroid dienone is 4. The van der Waals surface area contributed by atoms with Crippen LogP contribution in [-0.4, -0.2) is 64.3 Å². The van der Waals surface area contributed by atoms with Gasteiger partial charge in [0.2, 0.25) is 11.7 Å². The first-order chi connectivity index (χ1) is 19.5. The zero-order chi connectivity index (χ0) is 29.3. The van der Waals surface area contributed by atoms with E-state index in [0.29, 0.717) is 35.2 Å². The van der Waals surface area contributed by atoms with Crippen molar-refractivity contribution in [2.24, 2.45) is 34.5 Å². The number of benzene rings is 1. The molecule has 0 aliphatic heterocycles. The molecule has 41 heavy (non-hydrogen) atoms. The summed E-state index contributed by atoms with van der Waals surface area (Å²) in [5, 5.41) is 24.5. The Balaban J connectivity index is 1.28. The Labute approximate surface area is 239 Å². The molecule has 9 heteroatoms. The zero-order valence-corrected chi connectivity index (χ0v) is 24.2. The summed E-state index contributed by atoms with van der Waals surface area (Å²) in [6.07, 6.45) is 8.50. The van der Waals surface area contributed by atoms with E-state index in [-0.39, 0.29) is 41.9 Å². The molecule has 2 aromatic rings. The Morgan fingerprint density at radius 3 is 2.61 bits per heavy atom. The van der Waals surface area contributed by atoms with Gasteiger partial charge in [-0.15, -0.1) is 0 Å². The second-order valence-corrected chi connectivity index (χ2v) is 12.7. The highest BCUT2D eigenvalue weighted by molar-refractivity contribution is 6.01. The van der Waals surface area contributed by atoms with Crippen molar-refractivity contribution in [3.05, 3.63) is 42.3 Å². The van der Waals surface area contributed by atoms with E-state index < -0.39 is 28.3 Å². The lowest BCUT2D eigenvalue weighted by Gasteiger charge is -2.59. The van der Waals surface area contributed by atoms with Gasteiger partial charge in [-0.1, -0.05) is 32.4 Å². The highest BCUT2D eigenvalue weighted by atomic mass is 16.5. The average Bonchev–Trinajstić information content (AvgIpc) is 3.16. The Kier molecular flexibility index (Phi) is 6.54. The molecule has 218 valence electrons. The summed E-state index contributed by atoms with van der Waals surface area (Å²) in [6, 6.07) is 3.42. The summed E-state index contributed by atoms with van der Waals surface area (Å²) in [6.45, 7) is 5.63. The van der Waals surface area contributed by atoms with Gasteiger partial charge in [-0.2, -0.15) is 0 Å². The molecule has 3 saturated carbocycles. The highest BCUT2D eigenvalue weighted by Crippen LogP contribution is 2.68. The first-order valence-corrected chi connectivity index (χ1v) is 14.4. The van der Waals surface area contributed by atoms with E-state index in [0.717, 1.165) is 18.4 Å². The lowest BCUT2D eigenvalue weighted by Crippen LogP contribution is -2.63. The molecule has 0 radical (unpaired) electrons. The highest BCUT2D eigenvalue weighted by Gasteiger charge is 2.70. The first-order valence-electron chi connectivity index (χ1n) is 14.4. The average molecular weight is 563 g/mol. The van der Waals surface area contributed by atoms with Gasteiger partial charge in [-0.3, -0.25) is 9.59 Å². The topological polar surface area (TPSA) is 128 Å². The number of Topliss-reactive ketones (excluding diaryl/α,β-unsaturated/α-hetero) is 1. The number of methoxy groups -OCH3 is 2. The number of carbonyl (C=O) groups excluding carboxylic acids is 2. The summed E-state index contributed by atoms with van der Waals surface area (Å²) in [4.78, 5) is 34.6. The maximum absolute atomic E-state index is 14.0. The Bertz CT molecular complexity index is 1490. The smallest absolute Gasteiger partial charge is 0.225 e. The molecule has 0 spiro atoms. The van der Waals surface area contributed by atoms with Crippen LogP contribution < -0.4 is 14.2 Å². The summed E-state index contributed by atoms with van der Waals surface area (Å²) >= 11 is 0. The van der Waals surface area contributed by atoms with Crippen molar-refractivity contribution in [1.29, 1.82) is 0 Å². The number of aromatic nitrogens is 2. The van der Waals surface area contributed by atoms with Gasteiger partial charge >= 0.3 is 0 Å². The predicted octanol–water partition coefficient (Wildman–Crippen LogP) is 3.85. The quantitative estimate of drug-likeness (QED) is 0.539. The van der Waals surface area contributed by atoms with Crippen molar-refractivity contribution in [2.75, 3.05) is 20.8 Å². The predicted molar refractivity (Wildman–Crippen MR) is 151 cm³/mol. The molecule has 0 amide bonds. The van der Waals surface area contributed by atoms with Gasteiger partial charge in [-0.05, 0) is 61.7 Å². The molecule has 8 atom stereocenters. The number of aliphatic hydroxyl groups is 2. The van der Waals surface area contributed by atoms with Crippen LogP contribution in [-0.2, 0) is 9.59 Å². The third-order valence-electron chi connectivity index (χ3n) is 10.9. The number of hydrogen-bond acceptors (Lipinski definition) is 9. The van der Waals surface area contributed by atoms with Crippen molar-refractivity contribution in [3.63, 3.8) is 0 Å². The summed E-state index contributed by atoms with van der Waals surface area (Å²) in [5.74, 6) is 0.534. The van der Waals surface area contributed by atoms with E-state index in [1.54, 1.807) is 31.4 Å². The normalized spacial score (nSPS) is 37.6. The van der Waals surface area contributed by atoms with E-state index in [2.05, 4.69) is 16.9 Å². The van der Waals surface area contributed by atoms with Crippen LogP contribution >= 0.6 is 0 Å². The fourth-order valence-corrected chi connectivity index (χ4v) is 8.97. The summed E-state index contributed by atoms with van der Waals surface area (Å²) in [7, 11) is 3.07. The Morgan fingerprint density at radius 2 is 1.88 bits per heavy atom. The molecule has 4 aliphatic rings. The van der Waals surface area contributed by atoms with Crippen LogP contribution in [0.3, 0.4) is 0 Å². The summed E-state index contributed by atoms with van der Waals surface area (Å²) in [5.41, 5.74) is -1.27. The number of hydrogen-bond donors (Lipinski definition) is 2. The SMILES string of the molecule is COc1cc2ncnc(OCC(=O)[C@@]3(O)[C@H](C)CC4C5CCC6=CC(=O)C=CC6(C)C5[C@@H](O)CC43C)c2cc1OC. The second kappa shape index (κ2) is 9.63. The number of aliphatic hydroxyl groups excluding tert-OH is 1. The molecule has 6 rings (SSSR count). The minimum Gasteiger partial charge on any atom is -0.493 e. The van der Waals surface area contributed by atoms with Gasteiger partial charge in [0, 0.05) is 22.8 Å². The standard InChI is InChI=1S/C32H38N2O7/c1-17-10-22-20-7-6-18-11-19(35)8-9-30(18,2)28(20)24(36)14-31(22,3)32(17,38)27(37)15-41-29-21-12-25(39-4)26(40-5)13-23(21)33-16-34-29/h8-9,11-13,16-17,20,22,24,28,36,38H,6-7,10,14-15H2,1-5H3/t17-,20?,22?,24+,28?,30?,31?,32+/m1/s1. The molecule has 0 bridgehead atoms. The molecule has 1 heterocycles. The second-order valence-electron chi connectivity index (χ2n) is 12.7. The molecular formula is C32H38N2O7. The molecule has 3 fully saturated rings. The minimum absolute atomic E-state index is 0.00503. The van der Waals surface area contributed by atoms with E-state index in [9.17, 15) is 19.8 Å². The Hall–Kier alpha value is -3.30. The number of fused-ring (bicyclic) bond motifs is 6. The lowest BCUT2D eigenvalue weighted by molar-refractivity contribution is -0.183. The van der Waals surface area contributed by atoms with Gasteiger partial charge in [0.1, 0.15) is 11.9 Å². The van der Waals surface area contributed by atoms with Crippen LogP contribution in [0.5, 0.6) is 17.4 Å². The molecule has 4 aliphatic carbocycles. The monoisotopic (exact) mass is 562 g/mol. The van der Waals surface area contributed by atoms with Crippen LogP contribution in [0, 0.1) is 34.5 Å². The fourth-order valence-electron chi connectivity index (χ4n) is 8.97. The molecule has 5 unspecified atom stereocenters. The number of rotatable bonds is 6. The van der Waals surface area contributed by atoms with E-state index in [1.807, 2.05) is 19.9 Å². The van der Waals surface area contributed by atoms with Crippen LogP contribution in [0.2, 0.25) is 0 Å². The van der Waals surface area contributed by atoms with E-state index in [1.165, 1.54) is 13.4 Å². The van der Waals surface area contributed by atoms with E-state index >= 15 is 0 Å². The molecule has 1 aromatic carbocycles. The van der Waals surface area contributed by atoms with Gasteiger partial charge in [-0.25, -0.2) is 9.97 Å². The summed E-state index contributed by atoms with van der Waals surface area (Å²) < 4.78 is 16.8. The largest absolute Gasteiger partial charge is 0.493 e. The van der Waals surface area contributed by atoms with Gasteiger partial charge < -0.3 is 24.4 Å². The maximum atomic E-state index is 14.0. The molecule has 2 N–H and O–H groups in total. The van der Waals surface area contributed by atoms with Crippen molar-refractivity contribution in [2.45, 2.75) is 58.2 Å². The first kappa shape index (κ1) is 27.8. The fraction of sp³-hybridized carbons (Fsp3) is 0.562. The number of carbonyl (C=O) groups is 2. The zero-order valence-electron chi connectivity index (χ0n) is 24.2. The lowest BCUT2D eigenvalue weighted by atomic mass is 9.46. The van der Waals surface area contributed by atoms with Crippen molar-refractivity contribution >= 4 is 22.5 Å². The number of nitrogens with zero attached hydrogens (tertiary/aromatic N) is 2. The van der Waals surface area contributed by atoms with Crippen LogP contribution in [0.25, 0.3) is 10.9 Å². The van der Waals surface area contributed by atoms with Crippen molar-refractivity contribution < 1.29 is 34.0 Å². The van der Waals surface area contributed by atoms with Gasteiger partial charge in [0.05, 0.1) is 31.2 Å². The number of ether oxygens (including phenoxy) is 3. The molecular weight excluding hydrogens is 524 g/mol. The molecule has 9 nitrogen and oxygen atoms in total. The van der Waals surface area contributed by atoms with Gasteiger partial charge in [0.25, 0.3) is 0 Å². The van der Waals surface area contributed by atoms with E-state index in [4.69, 9.17) is 14.2 Å². The van der Waals surface area contributed by atoms with Crippen LogP contribution in [0.4, 0.5) is 0 Å². The third-order valence-corrected chi connectivity index (χ3v) is 10.9. The van der Waals surface area contributed by atoms with Crippen molar-refractivity contribution in [3.8, 4) is 17.4 Å². The maximum Gasteiger partial charge on any atom is 0.225 e. The van der Waals surface area contributed by atoms with Crippen LogP contribution in [0.1, 0.15) is 46.5 Å². The number of ketones is 2. The van der Waals surface area contributed by atoms with Crippen LogP contribution in [0.15, 0.2) is 42.3 Å². The third kappa shape index (κ3) is 3.88. The molecule has 0 saturated heterocycles. The minimum atomic E-state index is -1.68.